The van der Waals surface area contributed by atoms with E-state index >= 15 is 0 Å². The molecular weight excluding hydrogens is 355 g/mol. The second-order valence-corrected chi connectivity index (χ2v) is 6.11. The molecule has 4 aromatic rings. The van der Waals surface area contributed by atoms with Gasteiger partial charge in [0.15, 0.2) is 5.58 Å². The predicted octanol–water partition coefficient (Wildman–Crippen LogP) is 5.54. The van der Waals surface area contributed by atoms with E-state index in [2.05, 4.69) is 10.3 Å². The molecule has 26 heavy (non-hydrogen) atoms. The molecule has 4 nitrogen and oxygen atoms in total. The molecule has 4 rings (SSSR count). The van der Waals surface area contributed by atoms with E-state index in [0.29, 0.717) is 38.8 Å². The Morgan fingerprint density at radius 1 is 1.04 bits per heavy atom. The number of hydrogen-bond acceptors (Lipinski definition) is 3. The number of benzene rings is 3. The van der Waals surface area contributed by atoms with Crippen LogP contribution in [-0.4, -0.2) is 10.9 Å². The third-order valence-corrected chi connectivity index (χ3v) is 4.08. The fourth-order valence-electron chi connectivity index (χ4n) is 2.55. The molecule has 0 radical (unpaired) electrons. The molecule has 0 saturated heterocycles. The van der Waals surface area contributed by atoms with Gasteiger partial charge in [-0.1, -0.05) is 17.7 Å². The molecule has 1 heterocycles. The van der Waals surface area contributed by atoms with E-state index in [9.17, 15) is 9.18 Å². The average molecular weight is 367 g/mol. The molecular formula is C20H12ClFN2O2. The zero-order valence-electron chi connectivity index (χ0n) is 13.4. The minimum atomic E-state index is -0.360. The first-order valence-corrected chi connectivity index (χ1v) is 8.20. The van der Waals surface area contributed by atoms with Gasteiger partial charge < -0.3 is 9.73 Å². The van der Waals surface area contributed by atoms with Crippen LogP contribution in [0.4, 0.5) is 10.1 Å². The number of hydrogen-bond donors (Lipinski definition) is 1. The second-order valence-electron chi connectivity index (χ2n) is 5.67. The summed E-state index contributed by atoms with van der Waals surface area (Å²) in [5.74, 6) is -0.295. The quantitative estimate of drug-likeness (QED) is 0.518. The van der Waals surface area contributed by atoms with Crippen molar-refractivity contribution >= 4 is 34.3 Å². The minimum absolute atomic E-state index is 0.255. The van der Waals surface area contributed by atoms with E-state index in [4.69, 9.17) is 16.0 Å². The average Bonchev–Trinajstić information content (AvgIpc) is 3.05. The van der Waals surface area contributed by atoms with Gasteiger partial charge in [-0.2, -0.15) is 0 Å². The highest BCUT2D eigenvalue weighted by Gasteiger charge is 2.11. The number of nitrogens with one attached hydrogen (secondary N) is 1. The van der Waals surface area contributed by atoms with E-state index in [1.54, 1.807) is 54.6 Å². The largest absolute Gasteiger partial charge is 0.436 e. The molecule has 1 amide bonds. The predicted molar refractivity (Wildman–Crippen MR) is 98.8 cm³/mol. The first-order valence-electron chi connectivity index (χ1n) is 7.82. The van der Waals surface area contributed by atoms with E-state index in [1.807, 2.05) is 0 Å². The van der Waals surface area contributed by atoms with Crippen molar-refractivity contribution in [3.63, 3.8) is 0 Å². The summed E-state index contributed by atoms with van der Waals surface area (Å²) in [5, 5.41) is 3.37. The van der Waals surface area contributed by atoms with E-state index < -0.39 is 0 Å². The molecule has 0 aliphatic heterocycles. The van der Waals surface area contributed by atoms with Crippen LogP contribution in [0.25, 0.3) is 22.6 Å². The lowest BCUT2D eigenvalue weighted by Gasteiger charge is -2.05. The van der Waals surface area contributed by atoms with Crippen molar-refractivity contribution in [1.29, 1.82) is 0 Å². The lowest BCUT2D eigenvalue weighted by molar-refractivity contribution is 0.102. The lowest BCUT2D eigenvalue weighted by atomic mass is 10.2. The third kappa shape index (κ3) is 3.30. The maximum atomic E-state index is 13.4. The Morgan fingerprint density at radius 2 is 1.85 bits per heavy atom. The first kappa shape index (κ1) is 16.3. The maximum Gasteiger partial charge on any atom is 0.255 e. The molecule has 6 heteroatoms. The standard InChI is InChI=1S/C20H12ClFN2O2/c21-14-6-4-12(5-7-14)19(25)23-16-8-9-18-17(11-16)24-20(26-18)13-2-1-3-15(22)10-13/h1-11H,(H,23,25). The molecule has 0 aliphatic rings. The Balaban J connectivity index is 1.61. The minimum Gasteiger partial charge on any atom is -0.436 e. The molecule has 0 unspecified atom stereocenters. The van der Waals surface area contributed by atoms with Crippen molar-refractivity contribution in [2.45, 2.75) is 0 Å². The van der Waals surface area contributed by atoms with E-state index in [0.717, 1.165) is 0 Å². The van der Waals surface area contributed by atoms with Gasteiger partial charge in [-0.15, -0.1) is 0 Å². The number of nitrogens with zero attached hydrogens (tertiary/aromatic N) is 1. The normalized spacial score (nSPS) is 10.8. The maximum absolute atomic E-state index is 13.4. The zero-order chi connectivity index (χ0) is 18.1. The molecule has 0 spiro atoms. The number of carbonyl (C=O) groups is 1. The highest BCUT2D eigenvalue weighted by molar-refractivity contribution is 6.30. The van der Waals surface area contributed by atoms with Gasteiger partial charge in [-0.05, 0) is 60.7 Å². The van der Waals surface area contributed by atoms with E-state index in [1.165, 1.54) is 12.1 Å². The number of amides is 1. The number of fused-ring (bicyclic) bond motifs is 1. The van der Waals surface area contributed by atoms with Crippen LogP contribution in [0.5, 0.6) is 0 Å². The van der Waals surface area contributed by atoms with Crippen LogP contribution in [0.3, 0.4) is 0 Å². The number of carbonyl (C=O) groups excluding carboxylic acids is 1. The zero-order valence-corrected chi connectivity index (χ0v) is 14.1. The Bertz CT molecular complexity index is 1110. The van der Waals surface area contributed by atoms with Crippen LogP contribution < -0.4 is 5.32 Å². The number of rotatable bonds is 3. The lowest BCUT2D eigenvalue weighted by Crippen LogP contribution is -2.11. The SMILES string of the molecule is O=C(Nc1ccc2oc(-c3cccc(F)c3)nc2c1)c1ccc(Cl)cc1. The van der Waals surface area contributed by atoms with Gasteiger partial charge in [-0.3, -0.25) is 4.79 Å². The van der Waals surface area contributed by atoms with Crippen molar-refractivity contribution in [2.75, 3.05) is 5.32 Å². The van der Waals surface area contributed by atoms with Gasteiger partial charge >= 0.3 is 0 Å². The van der Waals surface area contributed by atoms with Crippen LogP contribution in [0.1, 0.15) is 10.4 Å². The fraction of sp³-hybridized carbons (Fsp3) is 0. The summed E-state index contributed by atoms with van der Waals surface area (Å²) < 4.78 is 19.0. The van der Waals surface area contributed by atoms with Gasteiger partial charge in [-0.25, -0.2) is 9.37 Å². The Labute approximate surface area is 153 Å². The van der Waals surface area contributed by atoms with Crippen LogP contribution in [-0.2, 0) is 0 Å². The fourth-order valence-corrected chi connectivity index (χ4v) is 2.68. The molecule has 3 aromatic carbocycles. The van der Waals surface area contributed by atoms with Gasteiger partial charge in [0.05, 0.1) is 0 Å². The molecule has 1 N–H and O–H groups in total. The first-order chi connectivity index (χ1) is 12.6. The smallest absolute Gasteiger partial charge is 0.255 e. The van der Waals surface area contributed by atoms with E-state index in [-0.39, 0.29) is 11.7 Å². The molecule has 0 bridgehead atoms. The van der Waals surface area contributed by atoms with Crippen LogP contribution in [0, 0.1) is 5.82 Å². The number of aromatic nitrogens is 1. The van der Waals surface area contributed by atoms with Gasteiger partial charge in [0.2, 0.25) is 5.89 Å². The van der Waals surface area contributed by atoms with Crippen LogP contribution in [0.2, 0.25) is 5.02 Å². The molecule has 128 valence electrons. The number of oxazole rings is 1. The van der Waals surface area contributed by atoms with Gasteiger partial charge in [0.25, 0.3) is 5.91 Å². The van der Waals surface area contributed by atoms with Crippen LogP contribution >= 0.6 is 11.6 Å². The highest BCUT2D eigenvalue weighted by atomic mass is 35.5. The highest BCUT2D eigenvalue weighted by Crippen LogP contribution is 2.26. The number of halogens is 2. The molecule has 0 saturated carbocycles. The Hall–Kier alpha value is -3.18. The molecule has 0 atom stereocenters. The summed E-state index contributed by atoms with van der Waals surface area (Å²) >= 11 is 5.83. The Morgan fingerprint density at radius 3 is 2.62 bits per heavy atom. The summed E-state index contributed by atoms with van der Waals surface area (Å²) in [6, 6.07) is 17.8. The van der Waals surface area contributed by atoms with Crippen molar-refractivity contribution in [3.05, 3.63) is 83.1 Å². The summed E-state index contributed by atoms with van der Waals surface area (Å²) in [4.78, 5) is 16.7. The van der Waals surface area contributed by atoms with Gasteiger partial charge in [0.1, 0.15) is 11.3 Å². The monoisotopic (exact) mass is 366 g/mol. The van der Waals surface area contributed by atoms with Gasteiger partial charge in [0, 0.05) is 21.8 Å². The van der Waals surface area contributed by atoms with Crippen molar-refractivity contribution in [2.24, 2.45) is 0 Å². The summed E-state index contributed by atoms with van der Waals surface area (Å²) in [6.45, 7) is 0. The molecule has 0 aliphatic carbocycles. The summed E-state index contributed by atoms with van der Waals surface area (Å²) in [7, 11) is 0. The Kier molecular flexibility index (Phi) is 4.14. The summed E-state index contributed by atoms with van der Waals surface area (Å²) in [6.07, 6.45) is 0. The van der Waals surface area contributed by atoms with Crippen molar-refractivity contribution < 1.29 is 13.6 Å². The van der Waals surface area contributed by atoms with Crippen molar-refractivity contribution in [1.82, 2.24) is 4.98 Å². The summed E-state index contributed by atoms with van der Waals surface area (Å²) in [5.41, 5.74) is 2.74. The topological polar surface area (TPSA) is 55.1 Å². The number of anilines is 1. The molecule has 1 aromatic heterocycles. The van der Waals surface area contributed by atoms with Crippen LogP contribution in [0.15, 0.2) is 71.1 Å². The second kappa shape index (κ2) is 6.61. The van der Waals surface area contributed by atoms with Crippen molar-refractivity contribution in [3.8, 4) is 11.5 Å². The molecule has 0 fully saturated rings. The third-order valence-electron chi connectivity index (χ3n) is 3.82.